The van der Waals surface area contributed by atoms with E-state index in [1.165, 1.54) is 42.5 Å². The lowest BCUT2D eigenvalue weighted by molar-refractivity contribution is -0.137. The van der Waals surface area contributed by atoms with Gasteiger partial charge in [0.2, 0.25) is 5.91 Å². The SMILES string of the molecule is CS(=O)(=O)c1ccc(CC(=O)Nc2ccc(-c3ccc(F)cc3C(F)(F)F)c(Cl)c2)cc1. The highest BCUT2D eigenvalue weighted by Gasteiger charge is 2.34. The molecular weight excluding hydrogens is 470 g/mol. The molecule has 0 aliphatic rings. The van der Waals surface area contributed by atoms with Crippen molar-refractivity contribution < 1.29 is 30.8 Å². The number of amides is 1. The molecular formula is C22H16ClF4NO3S. The Balaban J connectivity index is 1.78. The Bertz CT molecular complexity index is 1270. The van der Waals surface area contributed by atoms with Gasteiger partial charge in [0.15, 0.2) is 9.84 Å². The molecule has 1 amide bonds. The third-order valence-electron chi connectivity index (χ3n) is 4.55. The lowest BCUT2D eigenvalue weighted by atomic mass is 9.98. The highest BCUT2D eigenvalue weighted by molar-refractivity contribution is 7.90. The minimum absolute atomic E-state index is 0.0355. The molecule has 1 N–H and O–H groups in total. The maximum Gasteiger partial charge on any atom is 0.417 e. The smallest absolute Gasteiger partial charge is 0.326 e. The highest BCUT2D eigenvalue weighted by Crippen LogP contribution is 2.40. The molecule has 3 aromatic rings. The van der Waals surface area contributed by atoms with Crippen LogP contribution in [-0.2, 0) is 27.2 Å². The molecule has 0 radical (unpaired) electrons. The van der Waals surface area contributed by atoms with E-state index in [4.69, 9.17) is 11.6 Å². The number of benzene rings is 3. The van der Waals surface area contributed by atoms with Crippen molar-refractivity contribution in [2.24, 2.45) is 0 Å². The summed E-state index contributed by atoms with van der Waals surface area (Å²) in [4.78, 5) is 12.4. The van der Waals surface area contributed by atoms with E-state index in [1.807, 2.05) is 0 Å². The first-order valence-corrected chi connectivity index (χ1v) is 11.4. The molecule has 4 nitrogen and oxygen atoms in total. The summed E-state index contributed by atoms with van der Waals surface area (Å²) in [5.74, 6) is -1.45. The number of halogens is 5. The van der Waals surface area contributed by atoms with Crippen LogP contribution in [0.15, 0.2) is 65.6 Å². The number of hydrogen-bond donors (Lipinski definition) is 1. The summed E-state index contributed by atoms with van der Waals surface area (Å²) < 4.78 is 76.2. The van der Waals surface area contributed by atoms with Crippen molar-refractivity contribution in [1.29, 1.82) is 0 Å². The molecule has 0 atom stereocenters. The molecule has 0 aliphatic carbocycles. The summed E-state index contributed by atoms with van der Waals surface area (Å²) >= 11 is 6.16. The molecule has 0 aliphatic heterocycles. The second-order valence-corrected chi connectivity index (χ2v) is 9.45. The summed E-state index contributed by atoms with van der Waals surface area (Å²) in [6.07, 6.45) is -3.76. The summed E-state index contributed by atoms with van der Waals surface area (Å²) in [7, 11) is -3.35. The summed E-state index contributed by atoms with van der Waals surface area (Å²) in [6, 6.07) is 12.1. The van der Waals surface area contributed by atoms with Gasteiger partial charge >= 0.3 is 6.18 Å². The van der Waals surface area contributed by atoms with E-state index in [1.54, 1.807) is 0 Å². The maximum atomic E-state index is 13.4. The largest absolute Gasteiger partial charge is 0.417 e. The molecule has 0 saturated carbocycles. The first-order chi connectivity index (χ1) is 14.8. The highest BCUT2D eigenvalue weighted by atomic mass is 35.5. The van der Waals surface area contributed by atoms with E-state index in [2.05, 4.69) is 5.32 Å². The second-order valence-electron chi connectivity index (χ2n) is 7.02. The van der Waals surface area contributed by atoms with Crippen LogP contribution in [0.4, 0.5) is 23.2 Å². The van der Waals surface area contributed by atoms with E-state index in [0.717, 1.165) is 18.4 Å². The third-order valence-corrected chi connectivity index (χ3v) is 5.99. The lowest BCUT2D eigenvalue weighted by Gasteiger charge is -2.15. The molecule has 3 rings (SSSR count). The fraction of sp³-hybridized carbons (Fsp3) is 0.136. The average molecular weight is 486 g/mol. The van der Waals surface area contributed by atoms with Gasteiger partial charge in [0.1, 0.15) is 5.82 Å². The molecule has 0 bridgehead atoms. The van der Waals surface area contributed by atoms with E-state index in [-0.39, 0.29) is 33.2 Å². The number of nitrogens with one attached hydrogen (secondary N) is 1. The molecule has 0 spiro atoms. The number of sulfone groups is 1. The summed E-state index contributed by atoms with van der Waals surface area (Å²) in [5.41, 5.74) is -0.583. The van der Waals surface area contributed by atoms with Crippen molar-refractivity contribution in [2.75, 3.05) is 11.6 Å². The van der Waals surface area contributed by atoms with Gasteiger partial charge in [-0.05, 0) is 47.5 Å². The van der Waals surface area contributed by atoms with E-state index >= 15 is 0 Å². The second kappa shape index (κ2) is 8.91. The van der Waals surface area contributed by atoms with Crippen LogP contribution < -0.4 is 5.32 Å². The number of hydrogen-bond acceptors (Lipinski definition) is 3. The molecule has 168 valence electrons. The van der Waals surface area contributed by atoms with Crippen molar-refractivity contribution in [1.82, 2.24) is 0 Å². The Morgan fingerprint density at radius 2 is 1.59 bits per heavy atom. The van der Waals surface area contributed by atoms with Crippen LogP contribution in [-0.4, -0.2) is 20.6 Å². The Kier molecular flexibility index (Phi) is 6.61. The van der Waals surface area contributed by atoms with Gasteiger partial charge in [0.05, 0.1) is 21.9 Å². The van der Waals surface area contributed by atoms with Gasteiger partial charge in [0, 0.05) is 17.5 Å². The molecule has 0 fully saturated rings. The van der Waals surface area contributed by atoms with Crippen molar-refractivity contribution in [3.8, 4) is 11.1 Å². The van der Waals surface area contributed by atoms with Gasteiger partial charge in [-0.1, -0.05) is 35.9 Å². The fourth-order valence-electron chi connectivity index (χ4n) is 3.04. The van der Waals surface area contributed by atoms with Gasteiger partial charge in [-0.15, -0.1) is 0 Å². The molecule has 0 heterocycles. The van der Waals surface area contributed by atoms with Crippen molar-refractivity contribution in [3.63, 3.8) is 0 Å². The lowest BCUT2D eigenvalue weighted by Crippen LogP contribution is -2.14. The summed E-state index contributed by atoms with van der Waals surface area (Å²) in [6.45, 7) is 0. The molecule has 32 heavy (non-hydrogen) atoms. The van der Waals surface area contributed by atoms with Gasteiger partial charge in [-0.3, -0.25) is 4.79 Å². The van der Waals surface area contributed by atoms with Crippen LogP contribution in [0.2, 0.25) is 5.02 Å². The molecule has 0 saturated heterocycles. The van der Waals surface area contributed by atoms with Crippen LogP contribution in [0.3, 0.4) is 0 Å². The van der Waals surface area contributed by atoms with Gasteiger partial charge in [0.25, 0.3) is 0 Å². The van der Waals surface area contributed by atoms with Crippen molar-refractivity contribution in [3.05, 3.63) is 82.6 Å². The van der Waals surface area contributed by atoms with Crippen LogP contribution >= 0.6 is 11.6 Å². The third kappa shape index (κ3) is 5.66. The van der Waals surface area contributed by atoms with Crippen LogP contribution in [0, 0.1) is 5.82 Å². The van der Waals surface area contributed by atoms with E-state index in [9.17, 15) is 30.8 Å². The van der Waals surface area contributed by atoms with Crippen LogP contribution in [0.25, 0.3) is 11.1 Å². The monoisotopic (exact) mass is 485 g/mol. The van der Waals surface area contributed by atoms with Gasteiger partial charge in [-0.2, -0.15) is 13.2 Å². The predicted octanol–water partition coefficient (Wildman–Crippen LogP) is 5.75. The minimum atomic E-state index is -4.78. The Morgan fingerprint density at radius 3 is 2.16 bits per heavy atom. The molecule has 3 aromatic carbocycles. The first-order valence-electron chi connectivity index (χ1n) is 9.10. The van der Waals surface area contributed by atoms with Gasteiger partial charge in [-0.25, -0.2) is 12.8 Å². The van der Waals surface area contributed by atoms with Crippen LogP contribution in [0.5, 0.6) is 0 Å². The van der Waals surface area contributed by atoms with Crippen molar-refractivity contribution >= 4 is 33.0 Å². The summed E-state index contributed by atoms with van der Waals surface area (Å²) in [5, 5.41) is 2.53. The number of rotatable bonds is 5. The zero-order valence-corrected chi connectivity index (χ0v) is 18.1. The Morgan fingerprint density at radius 1 is 0.969 bits per heavy atom. The van der Waals surface area contributed by atoms with Crippen LogP contribution in [0.1, 0.15) is 11.1 Å². The number of anilines is 1. The molecule has 0 aromatic heterocycles. The van der Waals surface area contributed by atoms with Crippen molar-refractivity contribution in [2.45, 2.75) is 17.5 Å². The quantitative estimate of drug-likeness (QED) is 0.468. The topological polar surface area (TPSA) is 63.2 Å². The number of alkyl halides is 3. The number of carbonyl (C=O) groups is 1. The Labute approximate surface area is 186 Å². The van der Waals surface area contributed by atoms with Gasteiger partial charge < -0.3 is 5.32 Å². The van der Waals surface area contributed by atoms with E-state index < -0.39 is 33.3 Å². The minimum Gasteiger partial charge on any atom is -0.326 e. The van der Waals surface area contributed by atoms with E-state index in [0.29, 0.717) is 11.6 Å². The zero-order valence-electron chi connectivity index (χ0n) is 16.5. The molecule has 10 heteroatoms. The molecule has 0 unspecified atom stereocenters. The zero-order chi connectivity index (χ0) is 23.7. The maximum absolute atomic E-state index is 13.4. The average Bonchev–Trinajstić information content (AvgIpc) is 2.67. The Hall–Kier alpha value is -2.91. The fourth-order valence-corrected chi connectivity index (χ4v) is 3.96. The predicted molar refractivity (Wildman–Crippen MR) is 114 cm³/mol. The number of carbonyl (C=O) groups excluding carboxylic acids is 1. The normalized spacial score (nSPS) is 11.9. The first kappa shape index (κ1) is 23.7. The standard InChI is InChI=1S/C22H16ClF4NO3S/c1-32(30,31)16-6-2-13(3-7-16)10-21(29)28-15-5-9-18(20(23)12-15)17-8-4-14(24)11-19(17)22(25,26)27/h2-9,11-12H,10H2,1H3,(H,28,29).